The Hall–Kier alpha value is -1.47. The van der Waals surface area contributed by atoms with Gasteiger partial charge in [-0.15, -0.1) is 6.42 Å². The van der Waals surface area contributed by atoms with Crippen molar-refractivity contribution < 1.29 is 8.42 Å². The van der Waals surface area contributed by atoms with Crippen LogP contribution in [0.25, 0.3) is 0 Å². The summed E-state index contributed by atoms with van der Waals surface area (Å²) in [6.07, 6.45) is 7.32. The van der Waals surface area contributed by atoms with Gasteiger partial charge in [-0.2, -0.15) is 0 Å². The van der Waals surface area contributed by atoms with Crippen LogP contribution >= 0.6 is 0 Å². The predicted molar refractivity (Wildman–Crippen MR) is 75.3 cm³/mol. The number of nitrogens with one attached hydrogen (secondary N) is 1. The maximum Gasteiger partial charge on any atom is 0.178 e. The number of sulfone groups is 1. The van der Waals surface area contributed by atoms with Crippen molar-refractivity contribution in [3.8, 4) is 12.3 Å². The van der Waals surface area contributed by atoms with Crippen LogP contribution < -0.4 is 5.32 Å². The lowest BCUT2D eigenvalue weighted by molar-refractivity contribution is 0.597. The van der Waals surface area contributed by atoms with Gasteiger partial charge in [0.15, 0.2) is 9.84 Å². The zero-order valence-corrected chi connectivity index (χ0v) is 11.6. The zero-order chi connectivity index (χ0) is 13.6. The third-order valence-electron chi connectivity index (χ3n) is 2.71. The Bertz CT molecular complexity index is 512. The molecule has 1 N–H and O–H groups in total. The fourth-order valence-electron chi connectivity index (χ4n) is 1.61. The van der Waals surface area contributed by atoms with Gasteiger partial charge in [-0.25, -0.2) is 8.42 Å². The first-order valence-electron chi connectivity index (χ1n) is 6.09. The third-order valence-corrected chi connectivity index (χ3v) is 4.46. The van der Waals surface area contributed by atoms with E-state index in [-0.39, 0.29) is 11.8 Å². The van der Waals surface area contributed by atoms with Crippen molar-refractivity contribution in [2.24, 2.45) is 0 Å². The summed E-state index contributed by atoms with van der Waals surface area (Å²) in [6.45, 7) is 3.71. The summed E-state index contributed by atoms with van der Waals surface area (Å²) in [5.41, 5.74) is 0.849. The lowest BCUT2D eigenvalue weighted by Crippen LogP contribution is -2.16. The molecule has 1 aromatic rings. The third kappa shape index (κ3) is 3.78. The first-order chi connectivity index (χ1) is 8.53. The van der Waals surface area contributed by atoms with E-state index in [1.54, 1.807) is 31.2 Å². The van der Waals surface area contributed by atoms with Crippen molar-refractivity contribution in [2.45, 2.75) is 37.6 Å². The molecule has 1 rings (SSSR count). The number of hydrogen-bond donors (Lipinski definition) is 1. The first kappa shape index (κ1) is 14.6. The summed E-state index contributed by atoms with van der Waals surface area (Å²) in [5, 5.41) is 3.20. The van der Waals surface area contributed by atoms with E-state index in [0.29, 0.717) is 4.90 Å². The molecule has 18 heavy (non-hydrogen) atoms. The van der Waals surface area contributed by atoms with Crippen LogP contribution in [0.2, 0.25) is 0 Å². The molecule has 98 valence electrons. The van der Waals surface area contributed by atoms with Gasteiger partial charge in [0.05, 0.1) is 16.7 Å². The lowest BCUT2D eigenvalue weighted by Gasteiger charge is -2.13. The minimum atomic E-state index is -3.13. The molecule has 4 heteroatoms. The highest BCUT2D eigenvalue weighted by molar-refractivity contribution is 7.91. The van der Waals surface area contributed by atoms with Crippen LogP contribution in [0, 0.1) is 12.3 Å². The highest BCUT2D eigenvalue weighted by Crippen LogP contribution is 2.16. The van der Waals surface area contributed by atoms with E-state index < -0.39 is 9.84 Å². The standard InChI is InChI=1S/C14H19NO2S/c1-4-7-12(5-2)15-13-8-10-14(11-9-13)18(16,17)6-3/h2,8-12,15H,4,6-7H2,1,3H3. The molecular weight excluding hydrogens is 246 g/mol. The van der Waals surface area contributed by atoms with Crippen LogP contribution in [0.3, 0.4) is 0 Å². The van der Waals surface area contributed by atoms with Gasteiger partial charge in [0.25, 0.3) is 0 Å². The van der Waals surface area contributed by atoms with Crippen molar-refractivity contribution in [1.29, 1.82) is 0 Å². The Kier molecular flexibility index (Phi) is 5.24. The summed E-state index contributed by atoms with van der Waals surface area (Å²) < 4.78 is 23.3. The summed E-state index contributed by atoms with van der Waals surface area (Å²) in [4.78, 5) is 0.350. The second-order valence-electron chi connectivity index (χ2n) is 4.08. The van der Waals surface area contributed by atoms with Gasteiger partial charge >= 0.3 is 0 Å². The van der Waals surface area contributed by atoms with Gasteiger partial charge in [-0.05, 0) is 30.7 Å². The number of benzene rings is 1. The Morgan fingerprint density at radius 3 is 2.33 bits per heavy atom. The molecule has 0 saturated carbocycles. The molecule has 1 atom stereocenters. The SMILES string of the molecule is C#CC(CCC)Nc1ccc(S(=O)(=O)CC)cc1. The maximum absolute atomic E-state index is 11.6. The molecule has 1 unspecified atom stereocenters. The summed E-state index contributed by atoms with van der Waals surface area (Å²) in [5.74, 6) is 2.79. The molecule has 0 radical (unpaired) electrons. The van der Waals surface area contributed by atoms with E-state index in [4.69, 9.17) is 6.42 Å². The fraction of sp³-hybridized carbons (Fsp3) is 0.429. The van der Waals surface area contributed by atoms with Crippen LogP contribution in [0.4, 0.5) is 5.69 Å². The normalized spacial score (nSPS) is 12.7. The van der Waals surface area contributed by atoms with E-state index in [9.17, 15) is 8.42 Å². The molecular formula is C14H19NO2S. The van der Waals surface area contributed by atoms with Crippen LogP contribution in [0.5, 0.6) is 0 Å². The first-order valence-corrected chi connectivity index (χ1v) is 7.74. The van der Waals surface area contributed by atoms with Crippen LogP contribution in [-0.2, 0) is 9.84 Å². The van der Waals surface area contributed by atoms with Gasteiger partial charge in [0, 0.05) is 5.69 Å². The van der Waals surface area contributed by atoms with Gasteiger partial charge in [-0.1, -0.05) is 26.2 Å². The minimum absolute atomic E-state index is 0.0105. The highest BCUT2D eigenvalue weighted by atomic mass is 32.2. The van der Waals surface area contributed by atoms with Gasteiger partial charge in [0.1, 0.15) is 0 Å². The van der Waals surface area contributed by atoms with Gasteiger partial charge < -0.3 is 5.32 Å². The van der Waals surface area contributed by atoms with Gasteiger partial charge in [0.2, 0.25) is 0 Å². The second kappa shape index (κ2) is 6.46. The monoisotopic (exact) mass is 265 g/mol. The molecule has 0 fully saturated rings. The zero-order valence-electron chi connectivity index (χ0n) is 10.8. The molecule has 0 saturated heterocycles. The van der Waals surface area contributed by atoms with Crippen molar-refractivity contribution >= 4 is 15.5 Å². The average molecular weight is 265 g/mol. The Balaban J connectivity index is 2.81. The summed E-state index contributed by atoms with van der Waals surface area (Å²) in [7, 11) is -3.13. The molecule has 1 aromatic carbocycles. The van der Waals surface area contributed by atoms with Crippen molar-refractivity contribution in [1.82, 2.24) is 0 Å². The lowest BCUT2D eigenvalue weighted by atomic mass is 10.1. The van der Waals surface area contributed by atoms with Crippen LogP contribution in [0.15, 0.2) is 29.2 Å². The number of rotatable bonds is 6. The molecule has 0 aliphatic carbocycles. The average Bonchev–Trinajstić information content (AvgIpc) is 2.39. The smallest absolute Gasteiger partial charge is 0.178 e. The summed E-state index contributed by atoms with van der Waals surface area (Å²) >= 11 is 0. The maximum atomic E-state index is 11.6. The molecule has 0 aliphatic heterocycles. The van der Waals surface area contributed by atoms with E-state index in [0.717, 1.165) is 18.5 Å². The van der Waals surface area contributed by atoms with Crippen molar-refractivity contribution in [2.75, 3.05) is 11.1 Å². The Labute approximate surface area is 110 Å². The topological polar surface area (TPSA) is 46.2 Å². The van der Waals surface area contributed by atoms with Crippen LogP contribution in [0.1, 0.15) is 26.7 Å². The molecule has 0 spiro atoms. The molecule has 0 heterocycles. The molecule has 3 nitrogen and oxygen atoms in total. The van der Waals surface area contributed by atoms with E-state index >= 15 is 0 Å². The molecule has 0 amide bonds. The summed E-state index contributed by atoms with van der Waals surface area (Å²) in [6, 6.07) is 6.72. The molecule has 0 aromatic heterocycles. The van der Waals surface area contributed by atoms with Crippen LogP contribution in [-0.4, -0.2) is 20.2 Å². The number of hydrogen-bond acceptors (Lipinski definition) is 3. The highest BCUT2D eigenvalue weighted by Gasteiger charge is 2.11. The van der Waals surface area contributed by atoms with E-state index in [1.165, 1.54) is 0 Å². The second-order valence-corrected chi connectivity index (χ2v) is 6.36. The molecule has 0 aliphatic rings. The number of anilines is 1. The van der Waals surface area contributed by atoms with Crippen molar-refractivity contribution in [3.63, 3.8) is 0 Å². The van der Waals surface area contributed by atoms with Crippen molar-refractivity contribution in [3.05, 3.63) is 24.3 Å². The Morgan fingerprint density at radius 2 is 1.89 bits per heavy atom. The Morgan fingerprint density at radius 1 is 1.28 bits per heavy atom. The largest absolute Gasteiger partial charge is 0.372 e. The minimum Gasteiger partial charge on any atom is -0.372 e. The predicted octanol–water partition coefficient (Wildman–Crippen LogP) is 2.69. The number of terminal acetylenes is 1. The quantitative estimate of drug-likeness (QED) is 0.804. The van der Waals surface area contributed by atoms with E-state index in [1.807, 2.05) is 0 Å². The molecule has 0 bridgehead atoms. The van der Waals surface area contributed by atoms with Gasteiger partial charge in [-0.3, -0.25) is 0 Å². The van der Waals surface area contributed by atoms with E-state index in [2.05, 4.69) is 18.2 Å². The fourth-order valence-corrected chi connectivity index (χ4v) is 2.50.